The number of thioether (sulfide) groups is 1. The van der Waals surface area contributed by atoms with E-state index in [1.54, 1.807) is 36.4 Å². The first-order valence-electron chi connectivity index (χ1n) is 19.0. The van der Waals surface area contributed by atoms with Crippen molar-refractivity contribution in [3.05, 3.63) is 77.3 Å². The minimum Gasteiger partial charge on any atom is -0.489 e. The van der Waals surface area contributed by atoms with Gasteiger partial charge in [0.25, 0.3) is 0 Å². The second kappa shape index (κ2) is 22.3. The van der Waals surface area contributed by atoms with Gasteiger partial charge in [0.1, 0.15) is 48.6 Å². The van der Waals surface area contributed by atoms with Crippen LogP contribution in [0, 0.1) is 5.41 Å². The number of hydrogen-bond donors (Lipinski definition) is 9. The number of aliphatic hydroxyl groups is 2. The Kier molecular flexibility index (Phi) is 17.8. The molecule has 30 heteroatoms. The van der Waals surface area contributed by atoms with Gasteiger partial charge in [0.05, 0.1) is 19.5 Å². The number of carbonyl (C=O) groups is 3. The summed E-state index contributed by atoms with van der Waals surface area (Å²) in [6, 6.07) is 13.8. The fraction of sp³-hybridized carbons (Fsp3) is 0.429. The number of halogens is 1. The minimum absolute atomic E-state index is 0.0244. The van der Waals surface area contributed by atoms with Crippen molar-refractivity contribution in [1.29, 1.82) is 0 Å². The van der Waals surface area contributed by atoms with Gasteiger partial charge in [-0.15, -0.1) is 0 Å². The summed E-state index contributed by atoms with van der Waals surface area (Å²) in [6.45, 7) is 0.667. The average molecular weight is 1010 g/mol. The van der Waals surface area contributed by atoms with E-state index in [2.05, 4.69) is 34.4 Å². The summed E-state index contributed by atoms with van der Waals surface area (Å²) in [5.74, 6) is -0.695. The zero-order chi connectivity index (χ0) is 47.7. The summed E-state index contributed by atoms with van der Waals surface area (Å²) in [5.41, 5.74) is 5.60. The van der Waals surface area contributed by atoms with Gasteiger partial charge in [0.15, 0.2) is 17.7 Å². The number of ether oxygens (including phenoxy) is 2. The number of aromatic nitrogens is 4. The molecule has 0 aliphatic carbocycles. The van der Waals surface area contributed by atoms with Crippen LogP contribution in [0.25, 0.3) is 11.2 Å². The molecule has 5 rings (SSSR count). The Morgan fingerprint density at radius 2 is 1.65 bits per heavy atom. The molecule has 7 atom stereocenters. The molecule has 2 unspecified atom stereocenters. The Bertz CT molecular complexity index is 2450. The molecule has 1 saturated heterocycles. The Hall–Kier alpha value is -3.91. The smallest absolute Gasteiger partial charge is 0.481 e. The molecule has 4 aromatic rings. The van der Waals surface area contributed by atoms with E-state index in [0.717, 1.165) is 34.5 Å². The van der Waals surface area contributed by atoms with Gasteiger partial charge in [-0.25, -0.2) is 28.6 Å². The fourth-order valence-electron chi connectivity index (χ4n) is 5.79. The number of imidazole rings is 1. The molecule has 0 bridgehead atoms. The number of nitrogen functional groups attached to an aromatic ring is 1. The first kappa shape index (κ1) is 52.1. The number of benzene rings is 2. The summed E-state index contributed by atoms with van der Waals surface area (Å²) in [5, 5.41) is 26.9. The van der Waals surface area contributed by atoms with E-state index in [1.165, 1.54) is 13.8 Å². The van der Waals surface area contributed by atoms with Crippen LogP contribution in [0.15, 0.2) is 61.2 Å². The number of phosphoric ester groups is 3. The van der Waals surface area contributed by atoms with Gasteiger partial charge in [-0.05, 0) is 42.0 Å². The third kappa shape index (κ3) is 15.3. The van der Waals surface area contributed by atoms with Crippen molar-refractivity contribution < 1.29 is 85.2 Å². The fourth-order valence-corrected chi connectivity index (χ4v) is 9.44. The molecule has 3 heterocycles. The number of nitrogens with zero attached hydrogens (tertiary/aromatic N) is 4. The van der Waals surface area contributed by atoms with Crippen LogP contribution in [0.2, 0.25) is 5.02 Å². The van der Waals surface area contributed by atoms with E-state index in [1.807, 2.05) is 12.1 Å². The lowest BCUT2D eigenvalue weighted by Gasteiger charge is -2.30. The molecule has 1 fully saturated rings. The lowest BCUT2D eigenvalue weighted by Crippen LogP contribution is -2.46. The van der Waals surface area contributed by atoms with E-state index in [0.29, 0.717) is 22.9 Å². The second-order valence-corrected chi connectivity index (χ2v) is 20.4. The van der Waals surface area contributed by atoms with Crippen molar-refractivity contribution in [1.82, 2.24) is 30.2 Å². The van der Waals surface area contributed by atoms with Gasteiger partial charge in [0, 0.05) is 41.3 Å². The lowest BCUT2D eigenvalue weighted by atomic mass is 9.87. The van der Waals surface area contributed by atoms with Crippen LogP contribution in [-0.2, 0) is 52.5 Å². The highest BCUT2D eigenvalue weighted by molar-refractivity contribution is 8.14. The van der Waals surface area contributed by atoms with Crippen LogP contribution in [0.5, 0.6) is 5.75 Å². The van der Waals surface area contributed by atoms with Crippen LogP contribution in [0.3, 0.4) is 0 Å². The van der Waals surface area contributed by atoms with Crippen molar-refractivity contribution in [2.75, 3.05) is 37.8 Å². The van der Waals surface area contributed by atoms with Crippen molar-refractivity contribution >= 4 is 80.7 Å². The maximum atomic E-state index is 12.7. The topological polar surface area (TPSA) is 373 Å². The molecule has 1 aliphatic heterocycles. The van der Waals surface area contributed by atoms with Crippen LogP contribution in [0.4, 0.5) is 5.82 Å². The first-order chi connectivity index (χ1) is 30.4. The molecule has 65 heavy (non-hydrogen) atoms. The summed E-state index contributed by atoms with van der Waals surface area (Å²) < 4.78 is 68.1. The Labute approximate surface area is 378 Å². The molecule has 2 amide bonds. The third-order valence-corrected chi connectivity index (χ3v) is 13.4. The first-order valence-corrected chi connectivity index (χ1v) is 24.9. The summed E-state index contributed by atoms with van der Waals surface area (Å²) in [6.07, 6.45) is -7.03. The van der Waals surface area contributed by atoms with E-state index < -0.39 is 84.6 Å². The zero-order valence-corrected chi connectivity index (χ0v) is 38.4. The Morgan fingerprint density at radius 1 is 0.969 bits per heavy atom. The normalized spacial score (nSPS) is 20.1. The Morgan fingerprint density at radius 3 is 2.32 bits per heavy atom. The lowest BCUT2D eigenvalue weighted by molar-refractivity contribution is -0.137. The maximum Gasteiger partial charge on any atom is 0.481 e. The quantitative estimate of drug-likeness (QED) is 0.0380. The number of amides is 2. The number of fused-ring (bicyclic) bond motifs is 1. The number of hydrogen-bond acceptors (Lipinski definition) is 19. The number of rotatable bonds is 23. The van der Waals surface area contributed by atoms with E-state index in [-0.39, 0.29) is 47.4 Å². The number of nitrogens with one attached hydrogen (secondary N) is 2. The van der Waals surface area contributed by atoms with Crippen molar-refractivity contribution in [3.8, 4) is 5.75 Å². The van der Waals surface area contributed by atoms with Crippen molar-refractivity contribution in [2.45, 2.75) is 57.5 Å². The molecule has 1 aliphatic rings. The summed E-state index contributed by atoms with van der Waals surface area (Å²) in [7, 11) is -16.5. The van der Waals surface area contributed by atoms with Gasteiger partial charge >= 0.3 is 23.5 Å². The standard InChI is InChI=1S/C35H45ClN7O18P3S/c1-35(2,29(46)32(47)39-12-11-25(44)38-13-14-65-34(48)21-5-9-23(10-6-21)56-15-20-3-7-22(36)8-4-20)17-58-64(54,55)61-63(52,53)57-16-24-28(60-62(49,50)51)27(45)33(59-24)43-19-42-26-30(37)40-18-41-31(26)43/h3-10,18-19,24,27-29,33,45-46H,11-17H2,1-2H3,(H,38,44)(H,39,47)(H,52,53)(H,54,55)(H2,37,40,41)(H2,49,50,51)/t24-,27-,28-,29+,33-/m1/s1. The number of nitrogens with two attached hydrogens (primary N) is 1. The van der Waals surface area contributed by atoms with Crippen molar-refractivity contribution in [2.24, 2.45) is 5.41 Å². The molecule has 2 aromatic carbocycles. The van der Waals surface area contributed by atoms with E-state index >= 15 is 0 Å². The number of carbonyl (C=O) groups excluding carboxylic acids is 3. The molecule has 0 radical (unpaired) electrons. The molecular weight excluding hydrogens is 967 g/mol. The average Bonchev–Trinajstić information content (AvgIpc) is 3.80. The molecule has 356 valence electrons. The van der Waals surface area contributed by atoms with Crippen LogP contribution in [-0.4, -0.2) is 123 Å². The molecule has 0 spiro atoms. The maximum absolute atomic E-state index is 12.7. The third-order valence-electron chi connectivity index (χ3n) is 9.14. The van der Waals surface area contributed by atoms with Gasteiger partial charge in [0.2, 0.25) is 16.9 Å². The minimum atomic E-state index is -5.59. The van der Waals surface area contributed by atoms with Crippen molar-refractivity contribution in [3.63, 3.8) is 0 Å². The highest BCUT2D eigenvalue weighted by Gasteiger charge is 2.50. The van der Waals surface area contributed by atoms with Crippen LogP contribution >= 0.6 is 46.8 Å². The number of aliphatic hydroxyl groups excluding tert-OH is 2. The number of anilines is 1. The number of phosphoric acid groups is 3. The zero-order valence-electron chi connectivity index (χ0n) is 34.2. The van der Waals surface area contributed by atoms with Gasteiger partial charge < -0.3 is 55.6 Å². The highest BCUT2D eigenvalue weighted by atomic mass is 35.5. The summed E-state index contributed by atoms with van der Waals surface area (Å²) in [4.78, 5) is 88.7. The SMILES string of the molecule is CC(C)(COP(=O)(O)OP(=O)(O)OC[C@H]1O[C@@H](n2cnc3c(N)ncnc32)[C@H](O)[C@@H]1OP(=O)(O)O)[C@@H](O)C(=O)NCCC(=O)NCCSC(=O)c1ccc(OCc2ccc(Cl)cc2)cc1. The predicted octanol–water partition coefficient (Wildman–Crippen LogP) is 2.21. The largest absolute Gasteiger partial charge is 0.489 e. The van der Waals surface area contributed by atoms with Gasteiger partial charge in [-0.2, -0.15) is 4.31 Å². The molecule has 2 aromatic heterocycles. The highest BCUT2D eigenvalue weighted by Crippen LogP contribution is 2.61. The summed E-state index contributed by atoms with van der Waals surface area (Å²) >= 11 is 6.88. The van der Waals surface area contributed by atoms with E-state index in [9.17, 15) is 57.9 Å². The molecule has 25 nitrogen and oxygen atoms in total. The van der Waals surface area contributed by atoms with Crippen LogP contribution in [0.1, 0.15) is 42.4 Å². The molecular formula is C35H45ClN7O18P3S. The van der Waals surface area contributed by atoms with E-state index in [4.69, 9.17) is 35.9 Å². The van der Waals surface area contributed by atoms with Gasteiger partial charge in [-0.1, -0.05) is 49.3 Å². The Balaban J connectivity index is 1.01. The van der Waals surface area contributed by atoms with Crippen LogP contribution < -0.4 is 21.1 Å². The second-order valence-electron chi connectivity index (χ2n) is 14.6. The molecule has 0 saturated carbocycles. The predicted molar refractivity (Wildman–Crippen MR) is 229 cm³/mol. The monoisotopic (exact) mass is 1010 g/mol. The van der Waals surface area contributed by atoms with Gasteiger partial charge in [-0.3, -0.25) is 32.5 Å². The molecule has 10 N–H and O–H groups in total.